The molecule has 0 aliphatic carbocycles. The second-order valence-corrected chi connectivity index (χ2v) is 5.17. The van der Waals surface area contributed by atoms with Crippen molar-refractivity contribution in [1.29, 1.82) is 0 Å². The lowest BCUT2D eigenvalue weighted by Crippen LogP contribution is -2.01. The highest BCUT2D eigenvalue weighted by Gasteiger charge is 2.01. The van der Waals surface area contributed by atoms with E-state index in [1.54, 1.807) is 6.92 Å². The highest BCUT2D eigenvalue weighted by molar-refractivity contribution is 5.94. The van der Waals surface area contributed by atoms with Crippen LogP contribution < -0.4 is 5.32 Å². The zero-order valence-electron chi connectivity index (χ0n) is 12.0. The molecule has 0 radical (unpaired) electrons. The van der Waals surface area contributed by atoms with Gasteiger partial charge in [0.25, 0.3) is 0 Å². The Morgan fingerprint density at radius 2 is 1.71 bits per heavy atom. The van der Waals surface area contributed by atoms with Crippen molar-refractivity contribution in [3.63, 3.8) is 0 Å². The van der Waals surface area contributed by atoms with Crippen LogP contribution in [0.5, 0.6) is 0 Å². The number of carbonyl (C=O) groups excluding carboxylic acids is 1. The zero-order chi connectivity index (χ0) is 14.7. The largest absolute Gasteiger partial charge is 0.381 e. The third-order valence-electron chi connectivity index (χ3n) is 3.58. The van der Waals surface area contributed by atoms with Gasteiger partial charge < -0.3 is 5.32 Å². The maximum absolute atomic E-state index is 11.4. The normalized spacial score (nSPS) is 10.5. The highest BCUT2D eigenvalue weighted by Crippen LogP contribution is 2.17. The molecule has 0 bridgehead atoms. The van der Waals surface area contributed by atoms with Gasteiger partial charge in [0.05, 0.1) is 0 Å². The molecule has 0 aromatic heterocycles. The van der Waals surface area contributed by atoms with Gasteiger partial charge in [-0.15, -0.1) is 0 Å². The van der Waals surface area contributed by atoms with Crippen molar-refractivity contribution >= 4 is 22.2 Å². The number of fused-ring (bicyclic) bond motifs is 1. The van der Waals surface area contributed by atoms with Gasteiger partial charge in [0.15, 0.2) is 5.78 Å². The van der Waals surface area contributed by atoms with E-state index in [1.807, 2.05) is 30.3 Å². The minimum absolute atomic E-state index is 0.0874. The van der Waals surface area contributed by atoms with Crippen LogP contribution in [-0.4, -0.2) is 5.78 Å². The van der Waals surface area contributed by atoms with E-state index < -0.39 is 0 Å². The first-order chi connectivity index (χ1) is 10.2. The van der Waals surface area contributed by atoms with Gasteiger partial charge >= 0.3 is 0 Å². The summed E-state index contributed by atoms with van der Waals surface area (Å²) in [5, 5.41) is 5.86. The molecule has 2 nitrogen and oxygen atoms in total. The smallest absolute Gasteiger partial charge is 0.159 e. The Labute approximate surface area is 124 Å². The monoisotopic (exact) mass is 275 g/mol. The van der Waals surface area contributed by atoms with Crippen LogP contribution in [0.25, 0.3) is 10.8 Å². The Kier molecular flexibility index (Phi) is 3.69. The van der Waals surface area contributed by atoms with Gasteiger partial charge in [0.1, 0.15) is 0 Å². The van der Waals surface area contributed by atoms with Crippen molar-refractivity contribution in [3.8, 4) is 0 Å². The fraction of sp³-hybridized carbons (Fsp3) is 0.105. The second kappa shape index (κ2) is 5.80. The van der Waals surface area contributed by atoms with E-state index in [0.717, 1.165) is 17.8 Å². The number of Topliss-reactive ketones (excluding diaryl/α,β-unsaturated/α-hetero) is 1. The topological polar surface area (TPSA) is 29.1 Å². The van der Waals surface area contributed by atoms with Gasteiger partial charge in [-0.05, 0) is 41.5 Å². The average molecular weight is 275 g/mol. The SMILES string of the molecule is CC(=O)c1cccc(NCc2ccc3ccccc3c2)c1. The molecule has 3 aromatic rings. The van der Waals surface area contributed by atoms with Crippen molar-refractivity contribution in [2.24, 2.45) is 0 Å². The van der Waals surface area contributed by atoms with Crippen molar-refractivity contribution in [1.82, 2.24) is 0 Å². The number of anilines is 1. The maximum Gasteiger partial charge on any atom is 0.159 e. The lowest BCUT2D eigenvalue weighted by Gasteiger charge is -2.08. The van der Waals surface area contributed by atoms with Crippen LogP contribution in [0.15, 0.2) is 66.7 Å². The molecule has 0 atom stereocenters. The van der Waals surface area contributed by atoms with Crippen LogP contribution in [-0.2, 0) is 6.54 Å². The average Bonchev–Trinajstić information content (AvgIpc) is 2.53. The summed E-state index contributed by atoms with van der Waals surface area (Å²) in [7, 11) is 0. The number of carbonyl (C=O) groups is 1. The van der Waals surface area contributed by atoms with Crippen molar-refractivity contribution in [2.75, 3.05) is 5.32 Å². The van der Waals surface area contributed by atoms with Crippen LogP contribution in [0.1, 0.15) is 22.8 Å². The quantitative estimate of drug-likeness (QED) is 0.702. The third-order valence-corrected chi connectivity index (χ3v) is 3.58. The fourth-order valence-corrected chi connectivity index (χ4v) is 2.40. The predicted octanol–water partition coefficient (Wildman–Crippen LogP) is 4.65. The maximum atomic E-state index is 11.4. The standard InChI is InChI=1S/C19H17NO/c1-14(21)17-7-4-8-19(12-17)20-13-15-9-10-16-5-2-3-6-18(16)11-15/h2-12,20H,13H2,1H3. The summed E-state index contributed by atoms with van der Waals surface area (Å²) in [4.78, 5) is 11.4. The summed E-state index contributed by atoms with van der Waals surface area (Å²) >= 11 is 0. The van der Waals surface area contributed by atoms with Gasteiger partial charge in [-0.3, -0.25) is 4.79 Å². The summed E-state index contributed by atoms with van der Waals surface area (Å²) in [6, 6.07) is 22.4. The molecule has 0 spiro atoms. The molecule has 2 heteroatoms. The number of nitrogens with one attached hydrogen (secondary N) is 1. The number of benzene rings is 3. The van der Waals surface area contributed by atoms with E-state index in [4.69, 9.17) is 0 Å². The van der Waals surface area contributed by atoms with E-state index in [2.05, 4.69) is 41.7 Å². The molecule has 0 aliphatic heterocycles. The minimum Gasteiger partial charge on any atom is -0.381 e. The number of hydrogen-bond acceptors (Lipinski definition) is 2. The fourth-order valence-electron chi connectivity index (χ4n) is 2.40. The number of rotatable bonds is 4. The second-order valence-electron chi connectivity index (χ2n) is 5.17. The highest BCUT2D eigenvalue weighted by atomic mass is 16.1. The predicted molar refractivity (Wildman–Crippen MR) is 87.7 cm³/mol. The Hall–Kier alpha value is -2.61. The molecule has 3 aromatic carbocycles. The van der Waals surface area contributed by atoms with Crippen LogP contribution in [0.4, 0.5) is 5.69 Å². The van der Waals surface area contributed by atoms with Crippen molar-refractivity contribution in [3.05, 3.63) is 77.9 Å². The third kappa shape index (κ3) is 3.11. The van der Waals surface area contributed by atoms with Crippen molar-refractivity contribution < 1.29 is 4.79 Å². The molecule has 104 valence electrons. The van der Waals surface area contributed by atoms with E-state index in [1.165, 1.54) is 16.3 Å². The Morgan fingerprint density at radius 3 is 2.52 bits per heavy atom. The van der Waals surface area contributed by atoms with Gasteiger partial charge in [-0.25, -0.2) is 0 Å². The van der Waals surface area contributed by atoms with Crippen LogP contribution in [0, 0.1) is 0 Å². The van der Waals surface area contributed by atoms with Gasteiger partial charge in [0, 0.05) is 17.8 Å². The van der Waals surface area contributed by atoms with Crippen LogP contribution in [0.3, 0.4) is 0 Å². The summed E-state index contributed by atoms with van der Waals surface area (Å²) in [6.07, 6.45) is 0. The van der Waals surface area contributed by atoms with Gasteiger partial charge in [0.2, 0.25) is 0 Å². The number of ketones is 1. The first-order valence-corrected chi connectivity index (χ1v) is 7.05. The molecule has 3 rings (SSSR count). The molecule has 0 fully saturated rings. The molecule has 0 heterocycles. The Morgan fingerprint density at radius 1 is 0.905 bits per heavy atom. The first kappa shape index (κ1) is 13.4. The summed E-state index contributed by atoms with van der Waals surface area (Å²) < 4.78 is 0. The molecule has 1 N–H and O–H groups in total. The molecule has 0 aliphatic rings. The van der Waals surface area contributed by atoms with Gasteiger partial charge in [-0.2, -0.15) is 0 Å². The van der Waals surface area contributed by atoms with E-state index in [-0.39, 0.29) is 5.78 Å². The van der Waals surface area contributed by atoms with E-state index in [0.29, 0.717) is 0 Å². The van der Waals surface area contributed by atoms with Crippen molar-refractivity contribution in [2.45, 2.75) is 13.5 Å². The summed E-state index contributed by atoms with van der Waals surface area (Å²) in [5.41, 5.74) is 2.93. The van der Waals surface area contributed by atoms with E-state index >= 15 is 0 Å². The molecule has 0 saturated heterocycles. The lowest BCUT2D eigenvalue weighted by molar-refractivity contribution is 0.101. The Bertz CT molecular complexity index is 792. The lowest BCUT2D eigenvalue weighted by atomic mass is 10.1. The first-order valence-electron chi connectivity index (χ1n) is 7.05. The molecular formula is C19H17NO. The molecule has 21 heavy (non-hydrogen) atoms. The molecule has 0 saturated carbocycles. The summed E-state index contributed by atoms with van der Waals surface area (Å²) in [5.74, 6) is 0.0874. The minimum atomic E-state index is 0.0874. The summed E-state index contributed by atoms with van der Waals surface area (Å²) in [6.45, 7) is 2.33. The molecular weight excluding hydrogens is 258 g/mol. The van der Waals surface area contributed by atoms with Crippen LogP contribution in [0.2, 0.25) is 0 Å². The number of hydrogen-bond donors (Lipinski definition) is 1. The van der Waals surface area contributed by atoms with Crippen LogP contribution >= 0.6 is 0 Å². The Balaban J connectivity index is 1.77. The molecule has 0 amide bonds. The van der Waals surface area contributed by atoms with Gasteiger partial charge in [-0.1, -0.05) is 48.5 Å². The van der Waals surface area contributed by atoms with E-state index in [9.17, 15) is 4.79 Å². The molecule has 0 unspecified atom stereocenters. The zero-order valence-corrected chi connectivity index (χ0v) is 12.0.